The zero-order chi connectivity index (χ0) is 12.3. The van der Waals surface area contributed by atoms with Gasteiger partial charge in [0.1, 0.15) is 11.5 Å². The summed E-state index contributed by atoms with van der Waals surface area (Å²) in [6.45, 7) is 7.58. The third-order valence-electron chi connectivity index (χ3n) is 2.25. The lowest BCUT2D eigenvalue weighted by atomic mass is 9.95. The number of aliphatic imine (C=N–C) groups is 1. The number of rotatable bonds is 1. The normalized spacial score (nSPS) is 12.8. The maximum atomic E-state index is 13.7. The highest BCUT2D eigenvalue weighted by Gasteiger charge is 2.18. The molecule has 3 N–H and O–H groups in total. The first-order chi connectivity index (χ1) is 7.36. The number of hydrogen-bond acceptors (Lipinski definition) is 2. The van der Waals surface area contributed by atoms with Crippen LogP contribution in [0.2, 0.25) is 0 Å². The molecule has 16 heavy (non-hydrogen) atoms. The molecule has 0 aliphatic heterocycles. The van der Waals surface area contributed by atoms with Gasteiger partial charge >= 0.3 is 0 Å². The molecule has 0 saturated carbocycles. The third-order valence-corrected chi connectivity index (χ3v) is 2.25. The molecule has 88 valence electrons. The van der Waals surface area contributed by atoms with Crippen LogP contribution in [0.15, 0.2) is 23.2 Å². The predicted molar refractivity (Wildman–Crippen MR) is 65.0 cm³/mol. The Morgan fingerprint density at radius 2 is 2.00 bits per heavy atom. The van der Waals surface area contributed by atoms with Gasteiger partial charge in [0.15, 0.2) is 5.82 Å². The average molecular weight is 223 g/mol. The third kappa shape index (κ3) is 2.79. The predicted octanol–water partition coefficient (Wildman–Crippen LogP) is 2.67. The summed E-state index contributed by atoms with van der Waals surface area (Å²) in [5, 5.41) is 0. The van der Waals surface area contributed by atoms with Crippen LogP contribution in [0.5, 0.6) is 0 Å². The van der Waals surface area contributed by atoms with Crippen molar-refractivity contribution in [3.8, 4) is 0 Å². The molecule has 0 fully saturated rings. The van der Waals surface area contributed by atoms with Gasteiger partial charge in [0, 0.05) is 5.41 Å². The molecule has 1 aromatic carbocycles. The van der Waals surface area contributed by atoms with E-state index >= 15 is 0 Å². The quantitative estimate of drug-likeness (QED) is 0.333. The maximum absolute atomic E-state index is 13.7. The van der Waals surface area contributed by atoms with Crippen molar-refractivity contribution in [3.63, 3.8) is 0 Å². The van der Waals surface area contributed by atoms with Gasteiger partial charge in [0.25, 0.3) is 0 Å². The molecule has 1 rings (SSSR count). The molecule has 0 amide bonds. The highest BCUT2D eigenvalue weighted by atomic mass is 19.1. The molecule has 0 aliphatic carbocycles. The van der Waals surface area contributed by atoms with Crippen LogP contribution in [-0.2, 0) is 0 Å². The Hall–Kier alpha value is -1.42. The standard InChI is InChI=1S/C12H18FN3/c1-8-6-5-7-9(10(8)13)15-11(16-14)12(2,3)4/h5-7H,14H2,1-4H3,(H,15,16). The number of aryl methyl sites for hydroxylation is 1. The average Bonchev–Trinajstić information content (AvgIpc) is 2.18. The molecule has 0 radical (unpaired) electrons. The Labute approximate surface area is 95.5 Å². The molecule has 4 heteroatoms. The molecule has 0 saturated heterocycles. The van der Waals surface area contributed by atoms with Crippen molar-refractivity contribution in [3.05, 3.63) is 29.6 Å². The topological polar surface area (TPSA) is 50.4 Å². The van der Waals surface area contributed by atoms with E-state index in [1.807, 2.05) is 20.8 Å². The van der Waals surface area contributed by atoms with Gasteiger partial charge in [0.2, 0.25) is 0 Å². The van der Waals surface area contributed by atoms with E-state index in [2.05, 4.69) is 10.4 Å². The lowest BCUT2D eigenvalue weighted by Crippen LogP contribution is -2.39. The fraction of sp³-hybridized carbons (Fsp3) is 0.417. The summed E-state index contributed by atoms with van der Waals surface area (Å²) in [6, 6.07) is 5.11. The minimum absolute atomic E-state index is 0.245. The Kier molecular flexibility index (Phi) is 3.65. The number of nitrogens with zero attached hydrogens (tertiary/aromatic N) is 1. The number of nitrogens with one attached hydrogen (secondary N) is 1. The Morgan fingerprint density at radius 1 is 1.38 bits per heavy atom. The van der Waals surface area contributed by atoms with Crippen molar-refractivity contribution in [1.82, 2.24) is 5.43 Å². The first-order valence-corrected chi connectivity index (χ1v) is 5.17. The maximum Gasteiger partial charge on any atom is 0.151 e. The van der Waals surface area contributed by atoms with E-state index in [4.69, 9.17) is 5.84 Å². The van der Waals surface area contributed by atoms with Crippen molar-refractivity contribution in [2.75, 3.05) is 0 Å². The summed E-state index contributed by atoms with van der Waals surface area (Å²) in [4.78, 5) is 4.21. The lowest BCUT2D eigenvalue weighted by Gasteiger charge is -2.20. The van der Waals surface area contributed by atoms with E-state index < -0.39 is 0 Å². The Bertz CT molecular complexity index is 405. The van der Waals surface area contributed by atoms with Crippen molar-refractivity contribution >= 4 is 11.5 Å². The molecular formula is C12H18FN3. The van der Waals surface area contributed by atoms with Gasteiger partial charge in [-0.1, -0.05) is 32.9 Å². The fourth-order valence-corrected chi connectivity index (χ4v) is 1.26. The van der Waals surface area contributed by atoms with Gasteiger partial charge in [-0.2, -0.15) is 0 Å². The van der Waals surface area contributed by atoms with E-state index in [9.17, 15) is 4.39 Å². The summed E-state index contributed by atoms with van der Waals surface area (Å²) >= 11 is 0. The summed E-state index contributed by atoms with van der Waals surface area (Å²) in [6.07, 6.45) is 0. The van der Waals surface area contributed by atoms with E-state index in [0.717, 1.165) is 0 Å². The molecular weight excluding hydrogens is 205 g/mol. The van der Waals surface area contributed by atoms with E-state index in [0.29, 0.717) is 17.1 Å². The van der Waals surface area contributed by atoms with Gasteiger partial charge in [-0.3, -0.25) is 0 Å². The molecule has 3 nitrogen and oxygen atoms in total. The van der Waals surface area contributed by atoms with Crippen LogP contribution in [0.3, 0.4) is 0 Å². The second kappa shape index (κ2) is 4.61. The minimum atomic E-state index is -0.306. The van der Waals surface area contributed by atoms with Crippen molar-refractivity contribution in [2.24, 2.45) is 16.3 Å². The molecule has 0 spiro atoms. The molecule has 0 heterocycles. The monoisotopic (exact) mass is 223 g/mol. The van der Waals surface area contributed by atoms with Gasteiger partial charge in [-0.05, 0) is 18.6 Å². The first-order valence-electron chi connectivity index (χ1n) is 5.17. The SMILES string of the molecule is Cc1cccc(N=C(NN)C(C)(C)C)c1F. The summed E-state index contributed by atoms with van der Waals surface area (Å²) < 4.78 is 13.7. The number of nitrogens with two attached hydrogens (primary N) is 1. The van der Waals surface area contributed by atoms with Crippen LogP contribution in [0.25, 0.3) is 0 Å². The smallest absolute Gasteiger partial charge is 0.151 e. The van der Waals surface area contributed by atoms with Crippen LogP contribution in [-0.4, -0.2) is 5.84 Å². The molecule has 0 bridgehead atoms. The van der Waals surface area contributed by atoms with Crippen LogP contribution in [0.4, 0.5) is 10.1 Å². The van der Waals surface area contributed by atoms with Crippen LogP contribution < -0.4 is 11.3 Å². The zero-order valence-electron chi connectivity index (χ0n) is 10.1. The number of halogens is 1. The second-order valence-corrected chi connectivity index (χ2v) is 4.76. The van der Waals surface area contributed by atoms with Gasteiger partial charge in [-0.25, -0.2) is 15.2 Å². The molecule has 0 atom stereocenters. The second-order valence-electron chi connectivity index (χ2n) is 4.76. The van der Waals surface area contributed by atoms with E-state index in [1.165, 1.54) is 0 Å². The van der Waals surface area contributed by atoms with E-state index in [1.54, 1.807) is 25.1 Å². The van der Waals surface area contributed by atoms with Crippen LogP contribution in [0, 0.1) is 18.2 Å². The van der Waals surface area contributed by atoms with Gasteiger partial charge < -0.3 is 5.43 Å². The van der Waals surface area contributed by atoms with Crippen molar-refractivity contribution in [1.29, 1.82) is 0 Å². The summed E-state index contributed by atoms with van der Waals surface area (Å²) in [7, 11) is 0. The van der Waals surface area contributed by atoms with E-state index in [-0.39, 0.29) is 11.2 Å². The van der Waals surface area contributed by atoms with Crippen LogP contribution in [0.1, 0.15) is 26.3 Å². The lowest BCUT2D eigenvalue weighted by molar-refractivity contribution is 0.565. The fourth-order valence-electron chi connectivity index (χ4n) is 1.26. The zero-order valence-corrected chi connectivity index (χ0v) is 10.1. The number of hydrazine groups is 1. The number of benzene rings is 1. The number of amidine groups is 1. The van der Waals surface area contributed by atoms with Gasteiger partial charge in [0.05, 0.1) is 0 Å². The summed E-state index contributed by atoms with van der Waals surface area (Å²) in [5.74, 6) is 5.64. The Balaban J connectivity index is 3.20. The Morgan fingerprint density at radius 3 is 2.50 bits per heavy atom. The first kappa shape index (κ1) is 12.6. The van der Waals surface area contributed by atoms with Gasteiger partial charge in [-0.15, -0.1) is 0 Å². The van der Waals surface area contributed by atoms with Crippen LogP contribution >= 0.6 is 0 Å². The van der Waals surface area contributed by atoms with Crippen molar-refractivity contribution in [2.45, 2.75) is 27.7 Å². The summed E-state index contributed by atoms with van der Waals surface area (Å²) in [5.41, 5.74) is 3.16. The molecule has 0 aliphatic rings. The molecule has 0 aromatic heterocycles. The molecule has 1 aromatic rings. The number of hydrogen-bond donors (Lipinski definition) is 2. The highest BCUT2D eigenvalue weighted by molar-refractivity contribution is 5.88. The minimum Gasteiger partial charge on any atom is -0.312 e. The van der Waals surface area contributed by atoms with Crippen molar-refractivity contribution < 1.29 is 4.39 Å². The largest absolute Gasteiger partial charge is 0.312 e. The highest BCUT2D eigenvalue weighted by Crippen LogP contribution is 2.23. The molecule has 0 unspecified atom stereocenters.